The second-order valence-corrected chi connectivity index (χ2v) is 8.44. The molecule has 1 aromatic rings. The van der Waals surface area contributed by atoms with Crippen LogP contribution in [-0.4, -0.2) is 52.0 Å². The summed E-state index contributed by atoms with van der Waals surface area (Å²) in [6.07, 6.45) is 0.861. The molecule has 0 saturated carbocycles. The van der Waals surface area contributed by atoms with Crippen molar-refractivity contribution < 1.29 is 17.9 Å². The molecule has 1 aromatic carbocycles. The second-order valence-electron chi connectivity index (χ2n) is 5.46. The molecule has 6 nitrogen and oxygen atoms in total. The first-order valence-electron chi connectivity index (χ1n) is 7.28. The van der Waals surface area contributed by atoms with Crippen LogP contribution in [0, 0.1) is 0 Å². The third-order valence-corrected chi connectivity index (χ3v) is 5.82. The molecule has 0 fully saturated rings. The van der Waals surface area contributed by atoms with E-state index in [-0.39, 0.29) is 16.9 Å². The van der Waals surface area contributed by atoms with Gasteiger partial charge in [-0.2, -0.15) is 0 Å². The number of benzene rings is 1. The Kier molecular flexibility index (Phi) is 7.66. The number of ether oxygens (including phenoxy) is 1. The molecule has 0 aliphatic rings. The van der Waals surface area contributed by atoms with Crippen LogP contribution in [-0.2, 0) is 14.8 Å². The lowest BCUT2D eigenvalue weighted by Gasteiger charge is -2.14. The first-order chi connectivity index (χ1) is 10.7. The predicted molar refractivity (Wildman–Crippen MR) is 93.1 cm³/mol. The maximum atomic E-state index is 12.2. The summed E-state index contributed by atoms with van der Waals surface area (Å²) in [6, 6.07) is 4.52. The van der Waals surface area contributed by atoms with Crippen molar-refractivity contribution in [3.8, 4) is 0 Å². The first kappa shape index (κ1) is 20.1. The molecule has 130 valence electrons. The number of hydrogen-bond acceptors (Lipinski definition) is 4. The van der Waals surface area contributed by atoms with Gasteiger partial charge in [-0.25, -0.2) is 12.7 Å². The van der Waals surface area contributed by atoms with E-state index in [1.807, 2.05) is 13.8 Å². The van der Waals surface area contributed by atoms with Gasteiger partial charge in [0.05, 0.1) is 11.0 Å². The highest BCUT2D eigenvalue weighted by Gasteiger charge is 2.22. The highest BCUT2D eigenvalue weighted by Crippen LogP contribution is 2.25. The fourth-order valence-corrected chi connectivity index (χ4v) is 3.58. The summed E-state index contributed by atoms with van der Waals surface area (Å²) in [6.45, 7) is 4.94. The lowest BCUT2D eigenvalue weighted by Crippen LogP contribution is -2.27. The van der Waals surface area contributed by atoms with Crippen molar-refractivity contribution in [3.63, 3.8) is 0 Å². The molecule has 0 aliphatic heterocycles. The van der Waals surface area contributed by atoms with Gasteiger partial charge in [-0.05, 0) is 54.4 Å². The number of nitrogens with zero attached hydrogens (tertiary/aromatic N) is 1. The Hall–Kier alpha value is -0.960. The zero-order valence-corrected chi connectivity index (χ0v) is 16.2. The lowest BCUT2D eigenvalue weighted by molar-refractivity contribution is 0.0757. The Bertz CT molecular complexity index is 645. The standard InChI is InChI=1S/C15H23BrN2O4S/c1-11(2)22-9-5-8-17-15(19)12-6-7-13(16)14(10-12)23(20,21)18(3)4/h6-7,10-11H,5,8-9H2,1-4H3,(H,17,19). The Labute approximate surface area is 146 Å². The number of sulfonamides is 1. The van der Waals surface area contributed by atoms with E-state index in [1.165, 1.54) is 20.2 Å². The van der Waals surface area contributed by atoms with Crippen molar-refractivity contribution in [1.29, 1.82) is 0 Å². The fourth-order valence-electron chi connectivity index (χ4n) is 1.73. The minimum atomic E-state index is -3.62. The van der Waals surface area contributed by atoms with E-state index >= 15 is 0 Å². The largest absolute Gasteiger partial charge is 0.379 e. The van der Waals surface area contributed by atoms with Crippen LogP contribution in [0.25, 0.3) is 0 Å². The summed E-state index contributed by atoms with van der Waals surface area (Å²) >= 11 is 3.22. The van der Waals surface area contributed by atoms with Crippen LogP contribution in [0.4, 0.5) is 0 Å². The smallest absolute Gasteiger partial charge is 0.251 e. The maximum absolute atomic E-state index is 12.2. The Morgan fingerprint density at radius 1 is 1.35 bits per heavy atom. The molecular formula is C15H23BrN2O4S. The van der Waals surface area contributed by atoms with Gasteiger partial charge in [0.2, 0.25) is 10.0 Å². The van der Waals surface area contributed by atoms with Crippen molar-refractivity contribution in [1.82, 2.24) is 9.62 Å². The highest BCUT2D eigenvalue weighted by molar-refractivity contribution is 9.10. The number of nitrogens with one attached hydrogen (secondary N) is 1. The molecule has 1 rings (SSSR count). The van der Waals surface area contributed by atoms with Gasteiger partial charge in [0.15, 0.2) is 0 Å². The minimum Gasteiger partial charge on any atom is -0.379 e. The van der Waals surface area contributed by atoms with Crippen molar-refractivity contribution in [3.05, 3.63) is 28.2 Å². The number of carbonyl (C=O) groups is 1. The number of amides is 1. The average Bonchev–Trinajstić information content (AvgIpc) is 2.46. The molecule has 0 radical (unpaired) electrons. The van der Waals surface area contributed by atoms with Gasteiger partial charge in [0, 0.05) is 37.3 Å². The molecule has 1 amide bonds. The molecule has 0 atom stereocenters. The van der Waals surface area contributed by atoms with Crippen LogP contribution < -0.4 is 5.32 Å². The topological polar surface area (TPSA) is 75.7 Å². The van der Waals surface area contributed by atoms with Gasteiger partial charge < -0.3 is 10.1 Å². The van der Waals surface area contributed by atoms with Crippen molar-refractivity contribution in [2.24, 2.45) is 0 Å². The van der Waals surface area contributed by atoms with Crippen LogP contribution in [0.3, 0.4) is 0 Å². The van der Waals surface area contributed by atoms with E-state index in [0.29, 0.717) is 29.6 Å². The highest BCUT2D eigenvalue weighted by atomic mass is 79.9. The molecule has 0 heterocycles. The number of carbonyl (C=O) groups excluding carboxylic acids is 1. The second kappa shape index (κ2) is 8.77. The van der Waals surface area contributed by atoms with Crippen LogP contribution in [0.2, 0.25) is 0 Å². The monoisotopic (exact) mass is 406 g/mol. The van der Waals surface area contributed by atoms with Crippen LogP contribution in [0.1, 0.15) is 30.6 Å². The third-order valence-electron chi connectivity index (χ3n) is 3.01. The van der Waals surface area contributed by atoms with Gasteiger partial charge in [-0.1, -0.05) is 0 Å². The fraction of sp³-hybridized carbons (Fsp3) is 0.533. The Morgan fingerprint density at radius 3 is 2.57 bits per heavy atom. The molecule has 0 aromatic heterocycles. The zero-order valence-electron chi connectivity index (χ0n) is 13.8. The summed E-state index contributed by atoms with van der Waals surface area (Å²) in [5, 5.41) is 2.76. The predicted octanol–water partition coefficient (Wildman–Crippen LogP) is 2.24. The van der Waals surface area contributed by atoms with Gasteiger partial charge in [0.1, 0.15) is 0 Å². The van der Waals surface area contributed by atoms with Gasteiger partial charge in [0.25, 0.3) is 5.91 Å². The van der Waals surface area contributed by atoms with Crippen molar-refractivity contribution in [2.75, 3.05) is 27.2 Å². The van der Waals surface area contributed by atoms with Gasteiger partial charge in [-0.15, -0.1) is 0 Å². The molecule has 23 heavy (non-hydrogen) atoms. The van der Waals surface area contributed by atoms with Crippen LogP contribution in [0.5, 0.6) is 0 Å². The summed E-state index contributed by atoms with van der Waals surface area (Å²) in [5.74, 6) is -0.308. The molecule has 0 aliphatic carbocycles. The third kappa shape index (κ3) is 5.87. The van der Waals surface area contributed by atoms with E-state index in [0.717, 1.165) is 4.31 Å². The number of rotatable bonds is 8. The summed E-state index contributed by atoms with van der Waals surface area (Å²) < 4.78 is 31.4. The lowest BCUT2D eigenvalue weighted by atomic mass is 10.2. The maximum Gasteiger partial charge on any atom is 0.251 e. The van der Waals surface area contributed by atoms with E-state index in [2.05, 4.69) is 21.2 Å². The SMILES string of the molecule is CC(C)OCCCNC(=O)c1ccc(Br)c(S(=O)(=O)N(C)C)c1. The number of halogens is 1. The molecule has 8 heteroatoms. The summed E-state index contributed by atoms with van der Waals surface area (Å²) in [4.78, 5) is 12.2. The quantitative estimate of drug-likeness (QED) is 0.671. The van der Waals surface area contributed by atoms with Gasteiger partial charge in [-0.3, -0.25) is 4.79 Å². The van der Waals surface area contributed by atoms with Gasteiger partial charge >= 0.3 is 0 Å². The van der Waals surface area contributed by atoms with E-state index in [9.17, 15) is 13.2 Å². The summed E-state index contributed by atoms with van der Waals surface area (Å²) in [7, 11) is -0.720. The molecule has 0 bridgehead atoms. The molecule has 0 unspecified atom stereocenters. The molecule has 0 saturated heterocycles. The van der Waals surface area contributed by atoms with Crippen molar-refractivity contribution in [2.45, 2.75) is 31.3 Å². The van der Waals surface area contributed by atoms with Crippen LogP contribution >= 0.6 is 15.9 Å². The van der Waals surface area contributed by atoms with E-state index < -0.39 is 10.0 Å². The van der Waals surface area contributed by atoms with E-state index in [4.69, 9.17) is 4.74 Å². The molecule has 1 N–H and O–H groups in total. The number of hydrogen-bond donors (Lipinski definition) is 1. The van der Waals surface area contributed by atoms with Crippen LogP contribution in [0.15, 0.2) is 27.6 Å². The Balaban J connectivity index is 2.76. The minimum absolute atomic E-state index is 0.0679. The molecular weight excluding hydrogens is 384 g/mol. The zero-order chi connectivity index (χ0) is 17.6. The van der Waals surface area contributed by atoms with E-state index in [1.54, 1.807) is 12.1 Å². The average molecular weight is 407 g/mol. The van der Waals surface area contributed by atoms with Crippen molar-refractivity contribution >= 4 is 31.9 Å². The first-order valence-corrected chi connectivity index (χ1v) is 9.51. The summed E-state index contributed by atoms with van der Waals surface area (Å²) in [5.41, 5.74) is 0.304. The Morgan fingerprint density at radius 2 is 2.00 bits per heavy atom. The normalized spacial score (nSPS) is 12.0. The molecule has 0 spiro atoms.